The number of carbonyl (C=O) groups excluding carboxylic acids is 1. The van der Waals surface area contributed by atoms with E-state index in [0.717, 1.165) is 25.6 Å². The van der Waals surface area contributed by atoms with Crippen molar-refractivity contribution in [3.8, 4) is 0 Å². The van der Waals surface area contributed by atoms with Crippen molar-refractivity contribution in [3.63, 3.8) is 0 Å². The second-order valence-corrected chi connectivity index (χ2v) is 6.91. The van der Waals surface area contributed by atoms with Gasteiger partial charge in [-0.05, 0) is 66.6 Å². The molecule has 1 saturated heterocycles. The van der Waals surface area contributed by atoms with E-state index >= 15 is 0 Å². The van der Waals surface area contributed by atoms with Gasteiger partial charge >= 0.3 is 6.09 Å². The van der Waals surface area contributed by atoms with E-state index in [1.54, 1.807) is 0 Å². The number of alkyl carbamates (subject to hydrolysis) is 1. The van der Waals surface area contributed by atoms with E-state index in [0.29, 0.717) is 6.54 Å². The molecule has 0 bridgehead atoms. The van der Waals surface area contributed by atoms with Crippen molar-refractivity contribution in [2.75, 3.05) is 32.7 Å². The minimum Gasteiger partial charge on any atom is -0.444 e. The third-order valence-electron chi connectivity index (χ3n) is 3.71. The minimum atomic E-state index is -0.428. The van der Waals surface area contributed by atoms with Crippen LogP contribution in [-0.2, 0) is 4.74 Å². The van der Waals surface area contributed by atoms with E-state index in [1.165, 1.54) is 32.4 Å². The van der Waals surface area contributed by atoms with Crippen LogP contribution in [0.4, 0.5) is 4.79 Å². The molecule has 0 saturated carbocycles. The molecular weight excluding hydrogens is 266 g/mol. The van der Waals surface area contributed by atoms with Crippen LogP contribution in [0.5, 0.6) is 0 Å². The standard InChI is InChI=1S/C16H33N3O2/c1-14-8-5-6-12-19(14)13-7-9-17-10-11-18-15(20)21-16(2,3)4/h14,17H,5-13H2,1-4H3,(H,18,20). The van der Waals surface area contributed by atoms with E-state index in [4.69, 9.17) is 4.74 Å². The summed E-state index contributed by atoms with van der Waals surface area (Å²) in [7, 11) is 0. The van der Waals surface area contributed by atoms with Crippen LogP contribution in [0.1, 0.15) is 53.4 Å². The summed E-state index contributed by atoms with van der Waals surface area (Å²) in [6.45, 7) is 12.8. The number of piperidine rings is 1. The van der Waals surface area contributed by atoms with Gasteiger partial charge in [-0.25, -0.2) is 4.79 Å². The number of nitrogens with zero attached hydrogens (tertiary/aromatic N) is 1. The van der Waals surface area contributed by atoms with Crippen LogP contribution in [0.2, 0.25) is 0 Å². The fourth-order valence-corrected chi connectivity index (χ4v) is 2.59. The topological polar surface area (TPSA) is 53.6 Å². The van der Waals surface area contributed by atoms with Gasteiger partial charge in [0, 0.05) is 19.1 Å². The normalized spacial score (nSPS) is 20.3. The summed E-state index contributed by atoms with van der Waals surface area (Å²) in [6, 6.07) is 0.743. The molecule has 1 atom stereocenters. The zero-order valence-electron chi connectivity index (χ0n) is 14.2. The highest BCUT2D eigenvalue weighted by molar-refractivity contribution is 5.67. The summed E-state index contributed by atoms with van der Waals surface area (Å²) < 4.78 is 5.17. The van der Waals surface area contributed by atoms with E-state index in [-0.39, 0.29) is 6.09 Å². The van der Waals surface area contributed by atoms with Crippen molar-refractivity contribution in [1.82, 2.24) is 15.5 Å². The summed E-state index contributed by atoms with van der Waals surface area (Å²) >= 11 is 0. The quantitative estimate of drug-likeness (QED) is 0.709. The summed E-state index contributed by atoms with van der Waals surface area (Å²) in [5.41, 5.74) is -0.428. The molecule has 0 radical (unpaired) electrons. The lowest BCUT2D eigenvalue weighted by molar-refractivity contribution is 0.0528. The molecule has 5 nitrogen and oxygen atoms in total. The average Bonchev–Trinajstić information content (AvgIpc) is 2.37. The minimum absolute atomic E-state index is 0.341. The zero-order valence-corrected chi connectivity index (χ0v) is 14.2. The molecule has 0 aromatic rings. The molecule has 1 rings (SSSR count). The van der Waals surface area contributed by atoms with Gasteiger partial charge in [-0.1, -0.05) is 6.42 Å². The van der Waals surface area contributed by atoms with Gasteiger partial charge in [0.25, 0.3) is 0 Å². The Bertz CT molecular complexity index is 302. The number of ether oxygens (including phenoxy) is 1. The lowest BCUT2D eigenvalue weighted by atomic mass is 10.0. The Labute approximate surface area is 129 Å². The maximum Gasteiger partial charge on any atom is 0.407 e. The first-order valence-electron chi connectivity index (χ1n) is 8.30. The van der Waals surface area contributed by atoms with Crippen molar-refractivity contribution >= 4 is 6.09 Å². The molecule has 0 aromatic carbocycles. The maximum atomic E-state index is 11.4. The highest BCUT2D eigenvalue weighted by Crippen LogP contribution is 2.15. The first-order chi connectivity index (χ1) is 9.88. The summed E-state index contributed by atoms with van der Waals surface area (Å²) in [6.07, 6.45) is 4.89. The number of amides is 1. The molecule has 124 valence electrons. The van der Waals surface area contributed by atoms with Crippen LogP contribution in [0.3, 0.4) is 0 Å². The maximum absolute atomic E-state index is 11.4. The van der Waals surface area contributed by atoms with Crippen molar-refractivity contribution < 1.29 is 9.53 Å². The fraction of sp³-hybridized carbons (Fsp3) is 0.938. The molecular formula is C16H33N3O2. The van der Waals surface area contributed by atoms with Crippen molar-refractivity contribution in [2.24, 2.45) is 0 Å². The molecule has 1 fully saturated rings. The van der Waals surface area contributed by atoms with Gasteiger partial charge in [0.1, 0.15) is 5.60 Å². The van der Waals surface area contributed by atoms with Gasteiger partial charge < -0.3 is 20.3 Å². The van der Waals surface area contributed by atoms with Crippen molar-refractivity contribution in [1.29, 1.82) is 0 Å². The molecule has 1 aliphatic rings. The highest BCUT2D eigenvalue weighted by Gasteiger charge is 2.17. The highest BCUT2D eigenvalue weighted by atomic mass is 16.6. The average molecular weight is 299 g/mol. The third-order valence-corrected chi connectivity index (χ3v) is 3.71. The summed E-state index contributed by atoms with van der Waals surface area (Å²) in [4.78, 5) is 14.0. The number of rotatable bonds is 7. The molecule has 0 aliphatic carbocycles. The van der Waals surface area contributed by atoms with Gasteiger partial charge in [-0.15, -0.1) is 0 Å². The van der Waals surface area contributed by atoms with E-state index in [1.807, 2.05) is 20.8 Å². The van der Waals surface area contributed by atoms with Gasteiger partial charge in [0.05, 0.1) is 0 Å². The summed E-state index contributed by atoms with van der Waals surface area (Å²) in [5, 5.41) is 6.11. The Morgan fingerprint density at radius 3 is 2.67 bits per heavy atom. The zero-order chi connectivity index (χ0) is 15.7. The van der Waals surface area contributed by atoms with Crippen LogP contribution in [-0.4, -0.2) is 55.4 Å². The molecule has 21 heavy (non-hydrogen) atoms. The number of hydrogen-bond donors (Lipinski definition) is 2. The Morgan fingerprint density at radius 1 is 1.24 bits per heavy atom. The smallest absolute Gasteiger partial charge is 0.407 e. The molecule has 1 heterocycles. The molecule has 5 heteroatoms. The predicted octanol–water partition coefficient (Wildman–Crippen LogP) is 2.37. The number of likely N-dealkylation sites (tertiary alicyclic amines) is 1. The lowest BCUT2D eigenvalue weighted by Gasteiger charge is -2.33. The molecule has 1 aliphatic heterocycles. The van der Waals surface area contributed by atoms with E-state index in [9.17, 15) is 4.79 Å². The fourth-order valence-electron chi connectivity index (χ4n) is 2.59. The Balaban J connectivity index is 1.94. The van der Waals surface area contributed by atoms with Crippen LogP contribution >= 0.6 is 0 Å². The second-order valence-electron chi connectivity index (χ2n) is 6.91. The van der Waals surface area contributed by atoms with Crippen molar-refractivity contribution in [3.05, 3.63) is 0 Å². The van der Waals surface area contributed by atoms with Gasteiger partial charge in [0.2, 0.25) is 0 Å². The molecule has 2 N–H and O–H groups in total. The number of carbonyl (C=O) groups is 1. The van der Waals surface area contributed by atoms with Gasteiger partial charge in [-0.3, -0.25) is 0 Å². The Hall–Kier alpha value is -0.810. The Kier molecular flexibility index (Phi) is 8.04. The SMILES string of the molecule is CC1CCCCN1CCCNCCNC(=O)OC(C)(C)C. The van der Waals surface area contributed by atoms with Crippen LogP contribution < -0.4 is 10.6 Å². The Morgan fingerprint density at radius 2 is 2.00 bits per heavy atom. The van der Waals surface area contributed by atoms with Crippen molar-refractivity contribution in [2.45, 2.75) is 65.0 Å². The first-order valence-corrected chi connectivity index (χ1v) is 8.30. The van der Waals surface area contributed by atoms with Gasteiger partial charge in [0.15, 0.2) is 0 Å². The molecule has 0 aromatic heterocycles. The number of nitrogens with one attached hydrogen (secondary N) is 2. The van der Waals surface area contributed by atoms with Gasteiger partial charge in [-0.2, -0.15) is 0 Å². The monoisotopic (exact) mass is 299 g/mol. The lowest BCUT2D eigenvalue weighted by Crippen LogP contribution is -2.39. The predicted molar refractivity (Wildman–Crippen MR) is 86.6 cm³/mol. The second kappa shape index (κ2) is 9.26. The third kappa shape index (κ3) is 8.94. The first kappa shape index (κ1) is 18.2. The van der Waals surface area contributed by atoms with Crippen LogP contribution in [0, 0.1) is 0 Å². The molecule has 0 spiro atoms. The van der Waals surface area contributed by atoms with Crippen LogP contribution in [0.15, 0.2) is 0 Å². The summed E-state index contributed by atoms with van der Waals surface area (Å²) in [5.74, 6) is 0. The molecule has 1 amide bonds. The van der Waals surface area contributed by atoms with Crippen LogP contribution in [0.25, 0.3) is 0 Å². The van der Waals surface area contributed by atoms with E-state index in [2.05, 4.69) is 22.5 Å². The van der Waals surface area contributed by atoms with E-state index < -0.39 is 5.60 Å². The molecule has 1 unspecified atom stereocenters. The number of hydrogen-bond acceptors (Lipinski definition) is 4. The largest absolute Gasteiger partial charge is 0.444 e.